The maximum absolute atomic E-state index is 12.8. The number of sulfonamides is 1. The van der Waals surface area contributed by atoms with E-state index in [1.165, 1.54) is 13.2 Å². The standard InChI is InChI=1S/C13H14FNO4S/c1-13(16,12-3-2-8-19-12)9-15-20(17,18)11-6-4-10(14)5-7-11/h2-8,15-16H,9H2,1H3. The van der Waals surface area contributed by atoms with E-state index < -0.39 is 21.4 Å². The van der Waals surface area contributed by atoms with Crippen molar-refractivity contribution < 1.29 is 22.3 Å². The van der Waals surface area contributed by atoms with Crippen LogP contribution < -0.4 is 4.72 Å². The van der Waals surface area contributed by atoms with Crippen LogP contribution in [0.1, 0.15) is 12.7 Å². The molecule has 2 N–H and O–H groups in total. The maximum Gasteiger partial charge on any atom is 0.240 e. The van der Waals surface area contributed by atoms with E-state index in [0.29, 0.717) is 0 Å². The summed E-state index contributed by atoms with van der Waals surface area (Å²) in [6.07, 6.45) is 1.39. The summed E-state index contributed by atoms with van der Waals surface area (Å²) in [5, 5.41) is 10.1. The van der Waals surface area contributed by atoms with E-state index in [9.17, 15) is 17.9 Å². The molecule has 0 amide bonds. The van der Waals surface area contributed by atoms with E-state index >= 15 is 0 Å². The van der Waals surface area contributed by atoms with Crippen LogP contribution in [0, 0.1) is 5.82 Å². The molecule has 1 unspecified atom stereocenters. The van der Waals surface area contributed by atoms with E-state index in [0.717, 1.165) is 24.3 Å². The highest BCUT2D eigenvalue weighted by Crippen LogP contribution is 2.20. The molecule has 0 aliphatic rings. The molecule has 0 aliphatic carbocycles. The molecular weight excluding hydrogens is 285 g/mol. The number of rotatable bonds is 5. The van der Waals surface area contributed by atoms with Crippen molar-refractivity contribution in [1.29, 1.82) is 0 Å². The summed E-state index contributed by atoms with van der Waals surface area (Å²) in [6, 6.07) is 7.56. The van der Waals surface area contributed by atoms with E-state index in [4.69, 9.17) is 4.42 Å². The second-order valence-electron chi connectivity index (χ2n) is 4.53. The first-order valence-electron chi connectivity index (χ1n) is 5.83. The molecule has 2 rings (SSSR count). The van der Waals surface area contributed by atoms with E-state index in [2.05, 4.69) is 4.72 Å². The zero-order valence-electron chi connectivity index (χ0n) is 10.7. The van der Waals surface area contributed by atoms with Crippen molar-refractivity contribution in [3.63, 3.8) is 0 Å². The Morgan fingerprint density at radius 2 is 1.95 bits per heavy atom. The Labute approximate surface area is 116 Å². The lowest BCUT2D eigenvalue weighted by atomic mass is 10.1. The van der Waals surface area contributed by atoms with Crippen LogP contribution in [-0.2, 0) is 15.6 Å². The molecule has 1 aromatic carbocycles. The highest BCUT2D eigenvalue weighted by Gasteiger charge is 2.28. The molecule has 1 aromatic heterocycles. The van der Waals surface area contributed by atoms with Crippen LogP contribution in [0.3, 0.4) is 0 Å². The fourth-order valence-electron chi connectivity index (χ4n) is 1.60. The molecule has 2 aromatic rings. The second kappa shape index (κ2) is 5.35. The number of furan rings is 1. The van der Waals surface area contributed by atoms with Gasteiger partial charge in [0.25, 0.3) is 0 Å². The van der Waals surface area contributed by atoms with Gasteiger partial charge in [-0.15, -0.1) is 0 Å². The van der Waals surface area contributed by atoms with Gasteiger partial charge in [-0.2, -0.15) is 0 Å². The lowest BCUT2D eigenvalue weighted by molar-refractivity contribution is 0.0395. The Morgan fingerprint density at radius 1 is 1.30 bits per heavy atom. The quantitative estimate of drug-likeness (QED) is 0.879. The minimum Gasteiger partial charge on any atom is -0.466 e. The number of aliphatic hydroxyl groups is 1. The summed E-state index contributed by atoms with van der Waals surface area (Å²) in [5.41, 5.74) is -1.48. The van der Waals surface area contributed by atoms with Gasteiger partial charge in [-0.05, 0) is 43.3 Å². The third-order valence-electron chi connectivity index (χ3n) is 2.78. The predicted molar refractivity (Wildman–Crippen MR) is 69.9 cm³/mol. The minimum absolute atomic E-state index is 0.0749. The lowest BCUT2D eigenvalue weighted by Crippen LogP contribution is -2.38. The molecule has 0 bridgehead atoms. The number of benzene rings is 1. The minimum atomic E-state index is -3.82. The molecule has 0 fully saturated rings. The van der Waals surface area contributed by atoms with Crippen molar-refractivity contribution in [3.05, 3.63) is 54.2 Å². The molecular formula is C13H14FNO4S. The number of nitrogens with one attached hydrogen (secondary N) is 1. The van der Waals surface area contributed by atoms with Crippen LogP contribution in [0.25, 0.3) is 0 Å². The third-order valence-corrected chi connectivity index (χ3v) is 4.20. The summed E-state index contributed by atoms with van der Waals surface area (Å²) in [4.78, 5) is -0.0749. The van der Waals surface area contributed by atoms with Gasteiger partial charge in [-0.3, -0.25) is 0 Å². The molecule has 0 spiro atoms. The smallest absolute Gasteiger partial charge is 0.240 e. The zero-order valence-corrected chi connectivity index (χ0v) is 11.5. The first-order valence-corrected chi connectivity index (χ1v) is 7.31. The Hall–Kier alpha value is -1.70. The van der Waals surface area contributed by atoms with Gasteiger partial charge >= 0.3 is 0 Å². The lowest BCUT2D eigenvalue weighted by Gasteiger charge is -2.21. The van der Waals surface area contributed by atoms with Gasteiger partial charge < -0.3 is 9.52 Å². The Kier molecular flexibility index (Phi) is 3.94. The number of hydrogen-bond acceptors (Lipinski definition) is 4. The van der Waals surface area contributed by atoms with Gasteiger partial charge in [0.15, 0.2) is 0 Å². The summed E-state index contributed by atoms with van der Waals surface area (Å²) in [6.45, 7) is 1.17. The summed E-state index contributed by atoms with van der Waals surface area (Å²) in [5.74, 6) is -0.272. The van der Waals surface area contributed by atoms with Gasteiger partial charge in [0.2, 0.25) is 10.0 Å². The fraction of sp³-hybridized carbons (Fsp3) is 0.231. The second-order valence-corrected chi connectivity index (χ2v) is 6.30. The highest BCUT2D eigenvalue weighted by molar-refractivity contribution is 7.89. The monoisotopic (exact) mass is 299 g/mol. The molecule has 1 heterocycles. The molecule has 0 saturated carbocycles. The Morgan fingerprint density at radius 3 is 2.50 bits per heavy atom. The fourth-order valence-corrected chi connectivity index (χ4v) is 2.74. The van der Waals surface area contributed by atoms with Crippen molar-refractivity contribution in [2.75, 3.05) is 6.54 Å². The predicted octanol–water partition coefficient (Wildman–Crippen LogP) is 1.60. The van der Waals surface area contributed by atoms with Crippen LogP contribution in [0.15, 0.2) is 52.0 Å². The van der Waals surface area contributed by atoms with Crippen LogP contribution >= 0.6 is 0 Å². The maximum atomic E-state index is 12.8. The molecule has 5 nitrogen and oxygen atoms in total. The zero-order chi connectivity index (χ0) is 14.8. The van der Waals surface area contributed by atoms with Gasteiger partial charge in [0.05, 0.1) is 11.2 Å². The highest BCUT2D eigenvalue weighted by atomic mass is 32.2. The largest absolute Gasteiger partial charge is 0.466 e. The van der Waals surface area contributed by atoms with Gasteiger partial charge in [-0.1, -0.05) is 0 Å². The van der Waals surface area contributed by atoms with Gasteiger partial charge in [0, 0.05) is 6.54 Å². The van der Waals surface area contributed by atoms with Crippen molar-refractivity contribution in [1.82, 2.24) is 4.72 Å². The molecule has 0 aliphatic heterocycles. The van der Waals surface area contributed by atoms with E-state index in [1.54, 1.807) is 12.1 Å². The summed E-state index contributed by atoms with van der Waals surface area (Å²) < 4.78 is 44.1. The summed E-state index contributed by atoms with van der Waals surface area (Å²) >= 11 is 0. The first kappa shape index (κ1) is 14.7. The van der Waals surface area contributed by atoms with E-state index in [1.807, 2.05) is 0 Å². The molecule has 0 saturated heterocycles. The number of hydrogen-bond donors (Lipinski definition) is 2. The van der Waals surface area contributed by atoms with Gasteiger partial charge in [0.1, 0.15) is 17.2 Å². The average Bonchev–Trinajstić information content (AvgIpc) is 2.92. The van der Waals surface area contributed by atoms with Crippen LogP contribution in [0.4, 0.5) is 4.39 Å². The average molecular weight is 299 g/mol. The Bertz CT molecular complexity index is 663. The molecule has 108 valence electrons. The molecule has 0 radical (unpaired) electrons. The number of halogens is 1. The molecule has 1 atom stereocenters. The van der Waals surface area contributed by atoms with Crippen LogP contribution in [0.5, 0.6) is 0 Å². The third kappa shape index (κ3) is 3.24. The molecule has 7 heteroatoms. The Balaban J connectivity index is 2.12. The van der Waals surface area contributed by atoms with Crippen LogP contribution in [-0.4, -0.2) is 20.1 Å². The van der Waals surface area contributed by atoms with Crippen molar-refractivity contribution in [3.8, 4) is 0 Å². The summed E-state index contributed by atoms with van der Waals surface area (Å²) in [7, 11) is -3.82. The normalized spacial score (nSPS) is 14.9. The topological polar surface area (TPSA) is 79.5 Å². The SMILES string of the molecule is CC(O)(CNS(=O)(=O)c1ccc(F)cc1)c1ccco1. The van der Waals surface area contributed by atoms with Crippen molar-refractivity contribution >= 4 is 10.0 Å². The van der Waals surface area contributed by atoms with Crippen LogP contribution in [0.2, 0.25) is 0 Å². The van der Waals surface area contributed by atoms with Crippen molar-refractivity contribution in [2.45, 2.75) is 17.4 Å². The van der Waals surface area contributed by atoms with Crippen molar-refractivity contribution in [2.24, 2.45) is 0 Å². The first-order chi connectivity index (χ1) is 9.31. The molecule has 20 heavy (non-hydrogen) atoms. The van der Waals surface area contributed by atoms with Gasteiger partial charge in [-0.25, -0.2) is 17.5 Å². The van der Waals surface area contributed by atoms with E-state index in [-0.39, 0.29) is 17.2 Å².